The first kappa shape index (κ1) is 8.63. The van der Waals surface area contributed by atoms with Gasteiger partial charge < -0.3 is 0 Å². The van der Waals surface area contributed by atoms with Gasteiger partial charge in [0.1, 0.15) is 18.5 Å². The van der Waals surface area contributed by atoms with Gasteiger partial charge in [0.15, 0.2) is 5.44 Å². The van der Waals surface area contributed by atoms with Gasteiger partial charge >= 0.3 is 0 Å². The first-order valence-electron chi connectivity index (χ1n) is 2.68. The second-order valence-corrected chi connectivity index (χ2v) is 2.81. The number of hydrogen-bond acceptors (Lipinski definition) is 6. The molecule has 0 radical (unpaired) electrons. The topological polar surface area (TPSA) is 36.9 Å². The van der Waals surface area contributed by atoms with Crippen molar-refractivity contribution in [1.82, 2.24) is 0 Å². The van der Waals surface area contributed by atoms with Crippen LogP contribution in [0.25, 0.3) is 0 Å². The molecule has 1 fully saturated rings. The molecule has 0 bridgehead atoms. The molecule has 1 atom stereocenters. The third kappa shape index (κ3) is 3.09. The molecule has 1 rings (SSSR count). The maximum atomic E-state index is 4.73. The van der Waals surface area contributed by atoms with Gasteiger partial charge in [-0.15, -0.1) is 12.6 Å². The molecule has 60 valence electrons. The minimum absolute atomic E-state index is 0.0696. The van der Waals surface area contributed by atoms with Crippen LogP contribution in [0.2, 0.25) is 0 Å². The molecule has 1 heterocycles. The molecule has 10 heavy (non-hydrogen) atoms. The summed E-state index contributed by atoms with van der Waals surface area (Å²) in [7, 11) is 0. The van der Waals surface area contributed by atoms with Crippen LogP contribution < -0.4 is 0 Å². The SMILES string of the molecule is SCOOCC1OOCS1. The van der Waals surface area contributed by atoms with Crippen molar-refractivity contribution in [1.29, 1.82) is 0 Å². The van der Waals surface area contributed by atoms with Crippen LogP contribution in [0, 0.1) is 0 Å². The summed E-state index contributed by atoms with van der Waals surface area (Å²) < 4.78 is 0. The minimum atomic E-state index is -0.0696. The Bertz CT molecular complexity index is 85.3. The molecular weight excluding hydrogens is 176 g/mol. The molecule has 0 saturated carbocycles. The zero-order valence-corrected chi connectivity index (χ0v) is 6.90. The van der Waals surface area contributed by atoms with Crippen molar-refractivity contribution >= 4 is 24.4 Å². The van der Waals surface area contributed by atoms with Gasteiger partial charge in [0.25, 0.3) is 0 Å². The van der Waals surface area contributed by atoms with Gasteiger partial charge in [-0.3, -0.25) is 0 Å². The molecule has 1 aliphatic rings. The monoisotopic (exact) mass is 184 g/mol. The van der Waals surface area contributed by atoms with Crippen molar-refractivity contribution in [2.24, 2.45) is 0 Å². The Morgan fingerprint density at radius 3 is 3.10 bits per heavy atom. The van der Waals surface area contributed by atoms with Crippen LogP contribution in [0.15, 0.2) is 0 Å². The molecule has 0 aromatic heterocycles. The van der Waals surface area contributed by atoms with E-state index in [1.165, 1.54) is 11.8 Å². The number of thioether (sulfide) groups is 1. The zero-order valence-electron chi connectivity index (χ0n) is 5.19. The number of hydrogen-bond donors (Lipinski definition) is 1. The van der Waals surface area contributed by atoms with Gasteiger partial charge in [0.05, 0.1) is 0 Å². The van der Waals surface area contributed by atoms with Crippen molar-refractivity contribution in [2.75, 3.05) is 18.5 Å². The van der Waals surface area contributed by atoms with Crippen molar-refractivity contribution in [3.63, 3.8) is 0 Å². The Morgan fingerprint density at radius 1 is 1.60 bits per heavy atom. The second-order valence-electron chi connectivity index (χ2n) is 1.46. The van der Waals surface area contributed by atoms with Crippen LogP contribution in [0.4, 0.5) is 0 Å². The van der Waals surface area contributed by atoms with Crippen LogP contribution in [-0.4, -0.2) is 23.9 Å². The average Bonchev–Trinajstić information content (AvgIpc) is 2.41. The van der Waals surface area contributed by atoms with Gasteiger partial charge in [0, 0.05) is 0 Å². The van der Waals surface area contributed by atoms with E-state index in [0.717, 1.165) is 0 Å². The highest BCUT2D eigenvalue weighted by molar-refractivity contribution is 7.99. The summed E-state index contributed by atoms with van der Waals surface area (Å²) in [5.41, 5.74) is -0.0696. The van der Waals surface area contributed by atoms with E-state index in [4.69, 9.17) is 4.89 Å². The fourth-order valence-electron chi connectivity index (χ4n) is 0.452. The lowest BCUT2D eigenvalue weighted by Crippen LogP contribution is -2.10. The van der Waals surface area contributed by atoms with Gasteiger partial charge in [-0.1, -0.05) is 11.8 Å². The lowest BCUT2D eigenvalue weighted by molar-refractivity contribution is -0.326. The Morgan fingerprint density at radius 2 is 2.50 bits per heavy atom. The predicted octanol–water partition coefficient (Wildman–Crippen LogP) is 0.800. The molecule has 0 aromatic rings. The molecule has 1 unspecified atom stereocenters. The minimum Gasteiger partial charge on any atom is -0.232 e. The average molecular weight is 184 g/mol. The Kier molecular flexibility index (Phi) is 4.51. The smallest absolute Gasteiger partial charge is 0.167 e. The van der Waals surface area contributed by atoms with E-state index in [-0.39, 0.29) is 11.4 Å². The van der Waals surface area contributed by atoms with E-state index in [1.54, 1.807) is 0 Å². The Labute approximate surface area is 68.4 Å². The largest absolute Gasteiger partial charge is 0.232 e. The normalized spacial score (nSPS) is 25.5. The van der Waals surface area contributed by atoms with E-state index in [9.17, 15) is 0 Å². The number of thiol groups is 1. The fourth-order valence-corrected chi connectivity index (χ4v) is 1.05. The maximum Gasteiger partial charge on any atom is 0.167 e. The Balaban J connectivity index is 1.91. The van der Waals surface area contributed by atoms with Crippen LogP contribution in [-0.2, 0) is 19.6 Å². The first-order chi connectivity index (χ1) is 4.93. The molecule has 0 aliphatic carbocycles. The lowest BCUT2D eigenvalue weighted by Gasteiger charge is -2.03. The molecule has 1 saturated heterocycles. The highest BCUT2D eigenvalue weighted by Crippen LogP contribution is 2.20. The zero-order chi connectivity index (χ0) is 7.23. The van der Waals surface area contributed by atoms with E-state index in [0.29, 0.717) is 12.5 Å². The van der Waals surface area contributed by atoms with Crippen LogP contribution in [0.3, 0.4) is 0 Å². The molecule has 0 aromatic carbocycles. The molecule has 0 spiro atoms. The fraction of sp³-hybridized carbons (Fsp3) is 1.00. The van der Waals surface area contributed by atoms with E-state index >= 15 is 0 Å². The molecule has 6 heteroatoms. The molecule has 1 aliphatic heterocycles. The summed E-state index contributed by atoms with van der Waals surface area (Å²) in [5.74, 6) is 0.799. The molecule has 0 N–H and O–H groups in total. The van der Waals surface area contributed by atoms with Crippen molar-refractivity contribution < 1.29 is 19.6 Å². The summed E-state index contributed by atoms with van der Waals surface area (Å²) in [6, 6.07) is 0. The number of rotatable bonds is 4. The van der Waals surface area contributed by atoms with Crippen LogP contribution in [0.1, 0.15) is 0 Å². The Hall–Kier alpha value is 0.540. The third-order valence-corrected chi connectivity index (χ3v) is 1.74. The predicted molar refractivity (Wildman–Crippen MR) is 39.3 cm³/mol. The lowest BCUT2D eigenvalue weighted by atomic mass is 10.8. The molecule has 4 nitrogen and oxygen atoms in total. The third-order valence-electron chi connectivity index (χ3n) is 0.818. The van der Waals surface area contributed by atoms with Crippen LogP contribution in [0.5, 0.6) is 0 Å². The van der Waals surface area contributed by atoms with Crippen molar-refractivity contribution in [3.05, 3.63) is 0 Å². The van der Waals surface area contributed by atoms with Gasteiger partial charge in [-0.25, -0.2) is 19.6 Å². The summed E-state index contributed by atoms with van der Waals surface area (Å²) in [4.78, 5) is 18.5. The van der Waals surface area contributed by atoms with Crippen molar-refractivity contribution in [2.45, 2.75) is 5.44 Å². The first-order valence-corrected chi connectivity index (χ1v) is 4.37. The summed E-state index contributed by atoms with van der Waals surface area (Å²) >= 11 is 5.29. The maximum absolute atomic E-state index is 4.73. The summed E-state index contributed by atoms with van der Waals surface area (Å²) in [6.45, 7) is 0.366. The second kappa shape index (κ2) is 5.22. The van der Waals surface area contributed by atoms with E-state index in [1.807, 2.05) is 0 Å². The summed E-state index contributed by atoms with van der Waals surface area (Å²) in [6.07, 6.45) is 0. The van der Waals surface area contributed by atoms with E-state index < -0.39 is 0 Å². The van der Waals surface area contributed by atoms with Crippen molar-refractivity contribution in [3.8, 4) is 0 Å². The van der Waals surface area contributed by atoms with Gasteiger partial charge in [-0.05, 0) is 0 Å². The van der Waals surface area contributed by atoms with Crippen LogP contribution >= 0.6 is 24.4 Å². The highest BCUT2D eigenvalue weighted by Gasteiger charge is 2.18. The molecular formula is C4H8O4S2. The van der Waals surface area contributed by atoms with Gasteiger partial charge in [0.2, 0.25) is 0 Å². The van der Waals surface area contributed by atoms with Gasteiger partial charge in [-0.2, -0.15) is 0 Å². The molecule has 0 amide bonds. The van der Waals surface area contributed by atoms with E-state index in [2.05, 4.69) is 27.3 Å². The summed E-state index contributed by atoms with van der Waals surface area (Å²) in [5, 5.41) is 0. The standard InChI is InChI=1S/C4H8O4S2/c9-2-6-5-1-4-8-7-3-10-4/h4,9H,1-3H2. The quantitative estimate of drug-likeness (QED) is 0.230. The highest BCUT2D eigenvalue weighted by atomic mass is 32.2.